The first kappa shape index (κ1) is 19.6. The Morgan fingerprint density at radius 2 is 1.92 bits per heavy atom. The SMILES string of the molecule is C=CCc1cc(C=C(C#N)c2ccccc2Cl)cc(OCC)c1OCC. The van der Waals surface area contributed by atoms with Gasteiger partial charge in [-0.2, -0.15) is 5.26 Å². The second-order valence-electron chi connectivity index (χ2n) is 5.52. The van der Waals surface area contributed by atoms with E-state index in [-0.39, 0.29) is 0 Å². The highest BCUT2D eigenvalue weighted by Crippen LogP contribution is 2.35. The number of rotatable bonds is 8. The predicted molar refractivity (Wildman–Crippen MR) is 108 cm³/mol. The molecule has 2 rings (SSSR count). The topological polar surface area (TPSA) is 42.2 Å². The van der Waals surface area contributed by atoms with Gasteiger partial charge in [-0.3, -0.25) is 0 Å². The van der Waals surface area contributed by atoms with Crippen LogP contribution in [0.5, 0.6) is 11.5 Å². The van der Waals surface area contributed by atoms with Gasteiger partial charge in [-0.05, 0) is 50.1 Å². The second-order valence-corrected chi connectivity index (χ2v) is 5.92. The molecular weight excluding hydrogens is 346 g/mol. The van der Waals surface area contributed by atoms with E-state index in [2.05, 4.69) is 12.6 Å². The first-order valence-electron chi connectivity index (χ1n) is 8.54. The molecule has 0 fully saturated rings. The average molecular weight is 368 g/mol. The Morgan fingerprint density at radius 1 is 1.19 bits per heavy atom. The zero-order chi connectivity index (χ0) is 18.9. The lowest BCUT2D eigenvalue weighted by Gasteiger charge is -2.16. The number of halogens is 1. The second kappa shape index (κ2) is 9.70. The van der Waals surface area contributed by atoms with Gasteiger partial charge in [-0.1, -0.05) is 35.9 Å². The van der Waals surface area contributed by atoms with Crippen LogP contribution in [0.1, 0.15) is 30.5 Å². The van der Waals surface area contributed by atoms with E-state index in [0.717, 1.165) is 16.9 Å². The summed E-state index contributed by atoms with van der Waals surface area (Å²) in [5.41, 5.74) is 3.02. The summed E-state index contributed by atoms with van der Waals surface area (Å²) in [6.45, 7) is 8.75. The minimum atomic E-state index is 0.492. The van der Waals surface area contributed by atoms with Crippen LogP contribution in [0.15, 0.2) is 49.1 Å². The Morgan fingerprint density at radius 3 is 2.54 bits per heavy atom. The number of nitrogens with zero attached hydrogens (tertiary/aromatic N) is 1. The number of benzene rings is 2. The van der Waals surface area contributed by atoms with Gasteiger partial charge in [0.15, 0.2) is 11.5 Å². The largest absolute Gasteiger partial charge is 0.490 e. The monoisotopic (exact) mass is 367 g/mol. The standard InChI is InChI=1S/C22H22ClNO2/c1-4-9-17-12-16(14-21(25-5-2)22(17)26-6-3)13-18(15-24)19-10-7-8-11-20(19)23/h4,7-8,10-14H,1,5-6,9H2,2-3H3. The summed E-state index contributed by atoms with van der Waals surface area (Å²) < 4.78 is 11.5. The number of ether oxygens (including phenoxy) is 2. The molecule has 3 nitrogen and oxygen atoms in total. The molecule has 0 saturated heterocycles. The number of nitriles is 1. The van der Waals surface area contributed by atoms with Gasteiger partial charge in [0.25, 0.3) is 0 Å². The lowest BCUT2D eigenvalue weighted by atomic mass is 10.0. The lowest BCUT2D eigenvalue weighted by molar-refractivity contribution is 0.285. The summed E-state index contributed by atoms with van der Waals surface area (Å²) in [5, 5.41) is 10.1. The van der Waals surface area contributed by atoms with Crippen molar-refractivity contribution in [3.63, 3.8) is 0 Å². The third-order valence-electron chi connectivity index (χ3n) is 3.70. The Kier molecular flexibility index (Phi) is 7.32. The Labute approximate surface area is 160 Å². The minimum absolute atomic E-state index is 0.492. The van der Waals surface area contributed by atoms with Crippen molar-refractivity contribution in [3.05, 3.63) is 70.8 Å². The molecule has 0 amide bonds. The smallest absolute Gasteiger partial charge is 0.164 e. The van der Waals surface area contributed by atoms with Crippen LogP contribution < -0.4 is 9.47 Å². The van der Waals surface area contributed by atoms with E-state index < -0.39 is 0 Å². The van der Waals surface area contributed by atoms with E-state index in [1.165, 1.54) is 0 Å². The fourth-order valence-electron chi connectivity index (χ4n) is 2.66. The average Bonchev–Trinajstić information content (AvgIpc) is 2.63. The van der Waals surface area contributed by atoms with Crippen LogP contribution in [0.2, 0.25) is 5.02 Å². The first-order valence-corrected chi connectivity index (χ1v) is 8.92. The van der Waals surface area contributed by atoms with Gasteiger partial charge < -0.3 is 9.47 Å². The van der Waals surface area contributed by atoms with Crippen molar-refractivity contribution in [2.24, 2.45) is 0 Å². The molecule has 0 aliphatic heterocycles. The number of hydrogen-bond donors (Lipinski definition) is 0. The highest BCUT2D eigenvalue weighted by Gasteiger charge is 2.13. The maximum atomic E-state index is 9.60. The van der Waals surface area contributed by atoms with Crippen molar-refractivity contribution in [2.45, 2.75) is 20.3 Å². The van der Waals surface area contributed by atoms with Crippen LogP contribution in [-0.4, -0.2) is 13.2 Å². The molecule has 0 aromatic heterocycles. The van der Waals surface area contributed by atoms with Crippen molar-refractivity contribution in [3.8, 4) is 17.6 Å². The third kappa shape index (κ3) is 4.68. The third-order valence-corrected chi connectivity index (χ3v) is 4.03. The molecule has 0 N–H and O–H groups in total. The Balaban J connectivity index is 2.59. The van der Waals surface area contributed by atoms with Crippen LogP contribution in [0.3, 0.4) is 0 Å². The van der Waals surface area contributed by atoms with Crippen LogP contribution in [0.4, 0.5) is 0 Å². The van der Waals surface area contributed by atoms with Gasteiger partial charge in [-0.25, -0.2) is 0 Å². The molecule has 0 radical (unpaired) electrons. The van der Waals surface area contributed by atoms with E-state index in [1.807, 2.05) is 56.3 Å². The van der Waals surface area contributed by atoms with Crippen LogP contribution >= 0.6 is 11.6 Å². The van der Waals surface area contributed by atoms with Gasteiger partial charge in [0.2, 0.25) is 0 Å². The zero-order valence-electron chi connectivity index (χ0n) is 15.1. The lowest BCUT2D eigenvalue weighted by Crippen LogP contribution is -2.02. The van der Waals surface area contributed by atoms with Gasteiger partial charge in [0.05, 0.1) is 24.9 Å². The van der Waals surface area contributed by atoms with E-state index >= 15 is 0 Å². The zero-order valence-corrected chi connectivity index (χ0v) is 15.8. The molecule has 0 saturated carbocycles. The number of allylic oxidation sites excluding steroid dienone is 2. The van der Waals surface area contributed by atoms with Gasteiger partial charge in [0.1, 0.15) is 0 Å². The molecule has 4 heteroatoms. The molecule has 134 valence electrons. The molecule has 0 bridgehead atoms. The Bertz CT molecular complexity index is 850. The molecule has 2 aromatic rings. The fourth-order valence-corrected chi connectivity index (χ4v) is 2.90. The molecule has 0 atom stereocenters. The van der Waals surface area contributed by atoms with Crippen molar-refractivity contribution >= 4 is 23.3 Å². The van der Waals surface area contributed by atoms with Gasteiger partial charge in [-0.15, -0.1) is 6.58 Å². The van der Waals surface area contributed by atoms with Crippen molar-refractivity contribution in [1.29, 1.82) is 5.26 Å². The summed E-state index contributed by atoms with van der Waals surface area (Å²) in [6, 6.07) is 13.4. The summed E-state index contributed by atoms with van der Waals surface area (Å²) in [6.07, 6.45) is 4.28. The summed E-state index contributed by atoms with van der Waals surface area (Å²) >= 11 is 6.24. The fraction of sp³-hybridized carbons (Fsp3) is 0.227. The number of hydrogen-bond acceptors (Lipinski definition) is 3. The highest BCUT2D eigenvalue weighted by atomic mass is 35.5. The maximum absolute atomic E-state index is 9.60. The van der Waals surface area contributed by atoms with Crippen LogP contribution in [0, 0.1) is 11.3 Å². The molecule has 2 aromatic carbocycles. The minimum Gasteiger partial charge on any atom is -0.490 e. The Hall–Kier alpha value is -2.70. The molecular formula is C22H22ClNO2. The summed E-state index contributed by atoms with van der Waals surface area (Å²) in [7, 11) is 0. The summed E-state index contributed by atoms with van der Waals surface area (Å²) in [4.78, 5) is 0. The maximum Gasteiger partial charge on any atom is 0.164 e. The highest BCUT2D eigenvalue weighted by molar-refractivity contribution is 6.32. The van der Waals surface area contributed by atoms with Crippen molar-refractivity contribution < 1.29 is 9.47 Å². The molecule has 26 heavy (non-hydrogen) atoms. The van der Waals surface area contributed by atoms with Crippen LogP contribution in [0.25, 0.3) is 11.6 Å². The van der Waals surface area contributed by atoms with Gasteiger partial charge >= 0.3 is 0 Å². The van der Waals surface area contributed by atoms with Crippen molar-refractivity contribution in [2.75, 3.05) is 13.2 Å². The summed E-state index contributed by atoms with van der Waals surface area (Å²) in [5.74, 6) is 1.39. The molecule has 0 aliphatic rings. The molecule has 0 unspecified atom stereocenters. The van der Waals surface area contributed by atoms with Crippen LogP contribution in [-0.2, 0) is 6.42 Å². The van der Waals surface area contributed by atoms with E-state index in [0.29, 0.717) is 41.5 Å². The molecule has 0 aliphatic carbocycles. The van der Waals surface area contributed by atoms with E-state index in [1.54, 1.807) is 6.07 Å². The quantitative estimate of drug-likeness (QED) is 0.330. The predicted octanol–water partition coefficient (Wildman–Crippen LogP) is 5.93. The van der Waals surface area contributed by atoms with E-state index in [9.17, 15) is 5.26 Å². The first-order chi connectivity index (χ1) is 12.6. The van der Waals surface area contributed by atoms with E-state index in [4.69, 9.17) is 21.1 Å². The molecule has 0 heterocycles. The molecule has 0 spiro atoms. The normalized spacial score (nSPS) is 10.9. The van der Waals surface area contributed by atoms with Gasteiger partial charge in [0, 0.05) is 16.1 Å². The van der Waals surface area contributed by atoms with Crippen molar-refractivity contribution in [1.82, 2.24) is 0 Å².